The predicted molar refractivity (Wildman–Crippen MR) is 170 cm³/mol. The summed E-state index contributed by atoms with van der Waals surface area (Å²) in [6, 6.07) is 2.68. The standard InChI is InChI=1S/C27H26N10O7S3/c1-35-27(31-21(39)22(40)32-35)46-11-13-6-8-36(9-7-13)10-14-12-45-24-17(23(41)37(24)18(14)25(42)43)29-20(38)16(19-30-26(28)47-34-19)33-44-15-4-2-3-5-15/h2,4,6-9,15,17,24H,3,5,10-12H2,1H3,(H4-,28,29,30,32,34,38,40,42,43)/p+1/t15?,17?,24-/m0/s1. The summed E-state index contributed by atoms with van der Waals surface area (Å²) in [5.74, 6) is -1.84. The molecule has 2 unspecified atom stereocenters. The highest BCUT2D eigenvalue weighted by Crippen LogP contribution is 2.40. The fraction of sp³-hybridized carbons (Fsp3) is 0.333. The van der Waals surface area contributed by atoms with Crippen LogP contribution in [0, 0.1) is 0 Å². The molecule has 0 spiro atoms. The van der Waals surface area contributed by atoms with E-state index in [-0.39, 0.29) is 35.0 Å². The summed E-state index contributed by atoms with van der Waals surface area (Å²) in [4.78, 5) is 76.5. The van der Waals surface area contributed by atoms with Gasteiger partial charge in [-0.2, -0.15) is 14.3 Å². The van der Waals surface area contributed by atoms with E-state index < -0.39 is 40.3 Å². The number of aliphatic carboxylic acids is 1. The van der Waals surface area contributed by atoms with Crippen molar-refractivity contribution in [3.63, 3.8) is 0 Å². The molecule has 0 saturated carbocycles. The second-order valence-electron chi connectivity index (χ2n) is 10.5. The number of pyridine rings is 1. The number of nitrogen functional groups attached to an aromatic ring is 1. The highest BCUT2D eigenvalue weighted by Gasteiger charge is 2.55. The minimum atomic E-state index is -1.25. The van der Waals surface area contributed by atoms with Crippen molar-refractivity contribution >= 4 is 63.7 Å². The molecule has 3 aromatic rings. The molecular weight excluding hydrogens is 673 g/mol. The number of H-pyrrole nitrogens is 1. The molecule has 5 heterocycles. The first kappa shape index (κ1) is 32.1. The van der Waals surface area contributed by atoms with E-state index in [9.17, 15) is 29.1 Å². The molecule has 2 aliphatic heterocycles. The summed E-state index contributed by atoms with van der Waals surface area (Å²) >= 11 is 3.49. The Hall–Kier alpha value is -4.82. The number of aryl methyl sites for hydroxylation is 1. The molecule has 1 aliphatic carbocycles. The number of aromatic amines is 1. The summed E-state index contributed by atoms with van der Waals surface area (Å²) < 4.78 is 7.23. The molecule has 0 aromatic carbocycles. The first-order valence-corrected chi connectivity index (χ1v) is 16.9. The zero-order valence-corrected chi connectivity index (χ0v) is 27.0. The van der Waals surface area contributed by atoms with Gasteiger partial charge in [0.25, 0.3) is 11.8 Å². The second-order valence-corrected chi connectivity index (χ2v) is 13.4. The van der Waals surface area contributed by atoms with Crippen LogP contribution in [-0.2, 0) is 38.6 Å². The number of nitrogens with zero attached hydrogens (tertiary/aromatic N) is 7. The Kier molecular flexibility index (Phi) is 9.23. The van der Waals surface area contributed by atoms with Crippen molar-refractivity contribution in [3.8, 4) is 0 Å². The van der Waals surface area contributed by atoms with Crippen molar-refractivity contribution in [1.82, 2.24) is 34.3 Å². The van der Waals surface area contributed by atoms with Gasteiger partial charge in [-0.15, -0.1) is 11.8 Å². The SMILES string of the molecule is Cn1[nH]c(=O)c(=O)nc1SCc1cc[n+](CC2=C(C(=O)O)N3C(=O)C(NC(=O)C(=NOC4C=CCC4)c4nsc(N)n4)[C@@H]3SC2)cc1. The van der Waals surface area contributed by atoms with Crippen LogP contribution in [-0.4, -0.2) is 80.9 Å². The molecule has 244 valence electrons. The Bertz CT molecular complexity index is 1950. The Morgan fingerprint density at radius 2 is 2.06 bits per heavy atom. The van der Waals surface area contributed by atoms with Gasteiger partial charge in [0.15, 0.2) is 29.2 Å². The van der Waals surface area contributed by atoms with E-state index in [4.69, 9.17) is 10.6 Å². The number of rotatable bonds is 11. The van der Waals surface area contributed by atoms with E-state index >= 15 is 0 Å². The maximum absolute atomic E-state index is 13.3. The fourth-order valence-electron chi connectivity index (χ4n) is 4.99. The van der Waals surface area contributed by atoms with Crippen LogP contribution >= 0.6 is 35.1 Å². The normalized spacial score (nSPS) is 20.6. The molecule has 47 heavy (non-hydrogen) atoms. The number of carbonyl (C=O) groups is 3. The molecule has 1 saturated heterocycles. The number of thioether (sulfide) groups is 2. The van der Waals surface area contributed by atoms with Gasteiger partial charge in [-0.25, -0.2) is 9.36 Å². The molecule has 3 atom stereocenters. The molecule has 6 rings (SSSR count). The Morgan fingerprint density at radius 3 is 2.74 bits per heavy atom. The fourth-order valence-corrected chi connectivity index (χ4v) is 7.64. The molecule has 5 N–H and O–H groups in total. The second kappa shape index (κ2) is 13.5. The average Bonchev–Trinajstić information content (AvgIpc) is 3.73. The van der Waals surface area contributed by atoms with Crippen LogP contribution in [0.25, 0.3) is 0 Å². The third-order valence-corrected chi connectivity index (χ3v) is 10.3. The number of carbonyl (C=O) groups excluding carboxylic acids is 2. The number of allylic oxidation sites excluding steroid dienone is 1. The van der Waals surface area contributed by atoms with Gasteiger partial charge >= 0.3 is 17.1 Å². The monoisotopic (exact) mass is 699 g/mol. The van der Waals surface area contributed by atoms with Gasteiger partial charge in [-0.3, -0.25) is 33.9 Å². The molecule has 3 aliphatic rings. The Labute approximate surface area is 277 Å². The number of amides is 2. The number of hydrogen-bond acceptors (Lipinski definition) is 14. The quantitative estimate of drug-likeness (QED) is 0.0372. The van der Waals surface area contributed by atoms with Crippen LogP contribution in [0.5, 0.6) is 0 Å². The first-order chi connectivity index (χ1) is 22.6. The number of nitrogens with two attached hydrogens (primary N) is 1. The van der Waals surface area contributed by atoms with E-state index in [0.717, 1.165) is 23.5 Å². The highest BCUT2D eigenvalue weighted by molar-refractivity contribution is 8.00. The largest absolute Gasteiger partial charge is 0.477 e. The molecule has 1 fully saturated rings. The molecule has 0 bridgehead atoms. The molecular formula is C27H27N10O7S3+. The predicted octanol–water partition coefficient (Wildman–Crippen LogP) is -0.640. The molecule has 20 heteroatoms. The van der Waals surface area contributed by atoms with Crippen molar-refractivity contribution in [2.45, 2.75) is 47.8 Å². The lowest BCUT2D eigenvalue weighted by molar-refractivity contribution is -0.689. The van der Waals surface area contributed by atoms with Crippen LogP contribution in [0.4, 0.5) is 5.13 Å². The van der Waals surface area contributed by atoms with Gasteiger partial charge in [-0.05, 0) is 24.5 Å². The number of anilines is 1. The Balaban J connectivity index is 1.12. The number of carboxylic acids is 1. The number of nitrogens with one attached hydrogen (secondary N) is 2. The van der Waals surface area contributed by atoms with Gasteiger partial charge in [0.2, 0.25) is 11.5 Å². The van der Waals surface area contributed by atoms with Gasteiger partial charge in [0.1, 0.15) is 23.2 Å². The minimum absolute atomic E-state index is 0.0411. The van der Waals surface area contributed by atoms with Crippen molar-refractivity contribution in [2.24, 2.45) is 12.2 Å². The van der Waals surface area contributed by atoms with E-state index in [2.05, 4.69) is 29.9 Å². The zero-order chi connectivity index (χ0) is 33.2. The highest BCUT2D eigenvalue weighted by atomic mass is 32.2. The Morgan fingerprint density at radius 1 is 1.28 bits per heavy atom. The number of carboxylic acid groups (broad SMARTS) is 1. The van der Waals surface area contributed by atoms with Gasteiger partial charge in [0.05, 0.1) is 0 Å². The van der Waals surface area contributed by atoms with Crippen molar-refractivity contribution < 1.29 is 28.9 Å². The smallest absolute Gasteiger partial charge is 0.352 e. The van der Waals surface area contributed by atoms with Crippen LogP contribution in [0.1, 0.15) is 24.2 Å². The number of β-lactam (4-membered cyclic amide) rings is 1. The maximum atomic E-state index is 13.3. The first-order valence-electron chi connectivity index (χ1n) is 14.1. The van der Waals surface area contributed by atoms with E-state index in [1.165, 1.54) is 33.1 Å². The van der Waals surface area contributed by atoms with Gasteiger partial charge < -0.3 is 21.0 Å². The molecule has 2 amide bonds. The summed E-state index contributed by atoms with van der Waals surface area (Å²) in [6.07, 6.45) is 8.54. The summed E-state index contributed by atoms with van der Waals surface area (Å²) in [5.41, 5.74) is 5.12. The van der Waals surface area contributed by atoms with Gasteiger partial charge in [-0.1, -0.05) is 23.0 Å². The summed E-state index contributed by atoms with van der Waals surface area (Å²) in [6.45, 7) is 0.215. The van der Waals surface area contributed by atoms with E-state index in [0.29, 0.717) is 28.7 Å². The lowest BCUT2D eigenvalue weighted by atomic mass is 10.0. The number of aromatic nitrogens is 6. The van der Waals surface area contributed by atoms with E-state index in [1.54, 1.807) is 24.0 Å². The van der Waals surface area contributed by atoms with E-state index in [1.807, 2.05) is 24.3 Å². The maximum Gasteiger partial charge on any atom is 0.352 e. The summed E-state index contributed by atoms with van der Waals surface area (Å²) in [7, 11) is 1.59. The van der Waals surface area contributed by atoms with Crippen LogP contribution < -0.4 is 26.7 Å². The number of oxime groups is 1. The van der Waals surface area contributed by atoms with Crippen LogP contribution in [0.3, 0.4) is 0 Å². The van der Waals surface area contributed by atoms with Gasteiger partial charge in [0, 0.05) is 47.8 Å². The molecule has 3 aromatic heterocycles. The lowest BCUT2D eigenvalue weighted by Gasteiger charge is -2.49. The topological polar surface area (TPSA) is 232 Å². The van der Waals surface area contributed by atoms with Crippen molar-refractivity contribution in [3.05, 3.63) is 80.0 Å². The van der Waals surface area contributed by atoms with Crippen LogP contribution in [0.15, 0.2) is 67.8 Å². The number of hydrogen-bond donors (Lipinski definition) is 4. The van der Waals surface area contributed by atoms with Crippen molar-refractivity contribution in [1.29, 1.82) is 0 Å². The zero-order valence-electron chi connectivity index (χ0n) is 24.6. The minimum Gasteiger partial charge on any atom is -0.477 e. The van der Waals surface area contributed by atoms with Crippen molar-refractivity contribution in [2.75, 3.05) is 11.5 Å². The molecule has 0 radical (unpaired) electrons. The molecule has 17 nitrogen and oxygen atoms in total. The number of fused-ring (bicyclic) bond motifs is 1. The lowest BCUT2D eigenvalue weighted by Crippen LogP contribution is -2.71. The van der Waals surface area contributed by atoms with Crippen LogP contribution in [0.2, 0.25) is 0 Å². The summed E-state index contributed by atoms with van der Waals surface area (Å²) in [5, 5.41) is 19.0. The third kappa shape index (κ3) is 6.83. The third-order valence-electron chi connectivity index (χ3n) is 7.30. The average molecular weight is 700 g/mol.